The molecule has 2 atom stereocenters. The molecule has 1 aliphatic heterocycles. The van der Waals surface area contributed by atoms with E-state index in [-0.39, 0.29) is 6.04 Å². The van der Waals surface area contributed by atoms with E-state index in [0.717, 1.165) is 11.2 Å². The highest BCUT2D eigenvalue weighted by molar-refractivity contribution is 6.06. The molecule has 2 unspecified atom stereocenters. The maximum atomic E-state index is 6.08. The highest BCUT2D eigenvalue weighted by Gasteiger charge is 2.37. The molecule has 0 amide bonds. The summed E-state index contributed by atoms with van der Waals surface area (Å²) in [7, 11) is 0. The van der Waals surface area contributed by atoms with Gasteiger partial charge in [-0.15, -0.1) is 0 Å². The Morgan fingerprint density at radius 2 is 1.55 bits per heavy atom. The maximum Gasteiger partial charge on any atom is 0.135 e. The van der Waals surface area contributed by atoms with Gasteiger partial charge in [0.2, 0.25) is 0 Å². The van der Waals surface area contributed by atoms with Crippen LogP contribution in [0.5, 0.6) is 0 Å². The molecule has 0 spiro atoms. The van der Waals surface area contributed by atoms with Gasteiger partial charge in [-0.3, -0.25) is 0 Å². The Morgan fingerprint density at radius 3 is 2.48 bits per heavy atom. The van der Waals surface area contributed by atoms with E-state index in [0.29, 0.717) is 5.92 Å². The largest absolute Gasteiger partial charge is 0.456 e. The summed E-state index contributed by atoms with van der Waals surface area (Å²) in [6, 6.07) is 30.8. The van der Waals surface area contributed by atoms with Crippen LogP contribution >= 0.6 is 0 Å². The first-order valence-corrected chi connectivity index (χ1v) is 11.5. The molecule has 2 heteroatoms. The highest BCUT2D eigenvalue weighted by Crippen LogP contribution is 2.49. The second kappa shape index (κ2) is 6.98. The van der Waals surface area contributed by atoms with Gasteiger partial charge >= 0.3 is 0 Å². The summed E-state index contributed by atoms with van der Waals surface area (Å²) in [4.78, 5) is 2.49. The van der Waals surface area contributed by atoms with E-state index >= 15 is 0 Å². The zero-order valence-electron chi connectivity index (χ0n) is 18.4. The lowest BCUT2D eigenvalue weighted by molar-refractivity contribution is 0.669. The fourth-order valence-corrected chi connectivity index (χ4v) is 5.51. The van der Waals surface area contributed by atoms with Crippen LogP contribution in [0.15, 0.2) is 114 Å². The first-order valence-electron chi connectivity index (χ1n) is 11.5. The lowest BCUT2D eigenvalue weighted by Gasteiger charge is -2.28. The fourth-order valence-electron chi connectivity index (χ4n) is 5.51. The Bertz CT molecular complexity index is 1600. The number of hydrogen-bond acceptors (Lipinski definition) is 2. The van der Waals surface area contributed by atoms with Crippen molar-refractivity contribution in [1.82, 2.24) is 0 Å². The van der Waals surface area contributed by atoms with Crippen molar-refractivity contribution in [3.63, 3.8) is 0 Å². The van der Waals surface area contributed by atoms with E-state index in [9.17, 15) is 0 Å². The zero-order chi connectivity index (χ0) is 21.9. The lowest BCUT2D eigenvalue weighted by Crippen LogP contribution is -2.28. The van der Waals surface area contributed by atoms with Crippen LogP contribution in [0.25, 0.3) is 33.1 Å². The van der Waals surface area contributed by atoms with E-state index in [4.69, 9.17) is 4.42 Å². The Hall–Kier alpha value is -4.04. The van der Waals surface area contributed by atoms with Crippen LogP contribution in [0, 0.1) is 6.92 Å². The van der Waals surface area contributed by atoms with E-state index in [1.54, 1.807) is 0 Å². The number of fused-ring (bicyclic) bond motifs is 6. The van der Waals surface area contributed by atoms with Crippen molar-refractivity contribution >= 4 is 33.3 Å². The van der Waals surface area contributed by atoms with Crippen molar-refractivity contribution in [2.24, 2.45) is 0 Å². The summed E-state index contributed by atoms with van der Waals surface area (Å²) in [5.74, 6) is 0.339. The second-order valence-corrected chi connectivity index (χ2v) is 9.08. The van der Waals surface area contributed by atoms with E-state index < -0.39 is 0 Å². The molecular weight excluding hydrogens is 402 g/mol. The van der Waals surface area contributed by atoms with Gasteiger partial charge in [0.1, 0.15) is 11.2 Å². The molecule has 4 aromatic carbocycles. The summed E-state index contributed by atoms with van der Waals surface area (Å²) in [5, 5.41) is 2.33. The average molecular weight is 426 g/mol. The fraction of sp³-hybridized carbons (Fsp3) is 0.0968. The highest BCUT2D eigenvalue weighted by atomic mass is 16.3. The minimum absolute atomic E-state index is 0.272. The molecule has 0 saturated heterocycles. The standard InChI is InChI=1S/C31H23NO/c1-20-7-6-8-21(17-20)22-13-15-29-26(18-22)24-9-2-4-11-28(24)32(29)23-14-16-31-27(19-23)25-10-3-5-12-30(25)33-31/h2-19,24,28H,1H3. The summed E-state index contributed by atoms with van der Waals surface area (Å²) in [6.45, 7) is 2.15. The van der Waals surface area contributed by atoms with Gasteiger partial charge in [0.05, 0.1) is 6.04 Å². The third kappa shape index (κ3) is 2.81. The zero-order valence-corrected chi connectivity index (χ0v) is 18.4. The first kappa shape index (κ1) is 18.5. The Balaban J connectivity index is 1.40. The topological polar surface area (TPSA) is 16.4 Å². The Kier molecular flexibility index (Phi) is 3.92. The predicted molar refractivity (Wildman–Crippen MR) is 137 cm³/mol. The average Bonchev–Trinajstić information content (AvgIpc) is 3.39. The van der Waals surface area contributed by atoms with Crippen LogP contribution in [0.1, 0.15) is 17.0 Å². The molecular formula is C31H23NO. The van der Waals surface area contributed by atoms with Crippen molar-refractivity contribution in [3.8, 4) is 11.1 Å². The molecule has 0 bridgehead atoms. The van der Waals surface area contributed by atoms with Crippen molar-refractivity contribution in [2.75, 3.05) is 4.90 Å². The number of allylic oxidation sites excluding steroid dienone is 2. The predicted octanol–water partition coefficient (Wildman–Crippen LogP) is 8.29. The maximum absolute atomic E-state index is 6.08. The first-order chi connectivity index (χ1) is 16.3. The molecule has 1 aliphatic carbocycles. The molecule has 1 aromatic heterocycles. The number of furan rings is 1. The third-order valence-electron chi connectivity index (χ3n) is 7.04. The Labute approximate surface area is 193 Å². The third-order valence-corrected chi connectivity index (χ3v) is 7.04. The number of rotatable bonds is 2. The molecule has 5 aromatic rings. The molecule has 0 N–H and O–H groups in total. The normalized spacial score (nSPS) is 18.8. The molecule has 0 fully saturated rings. The van der Waals surface area contributed by atoms with Crippen LogP contribution in [0.4, 0.5) is 11.4 Å². The summed E-state index contributed by atoms with van der Waals surface area (Å²) < 4.78 is 6.08. The molecule has 2 nitrogen and oxygen atoms in total. The van der Waals surface area contributed by atoms with E-state index in [1.165, 1.54) is 44.4 Å². The molecule has 2 heterocycles. The van der Waals surface area contributed by atoms with E-state index in [2.05, 4.69) is 109 Å². The van der Waals surface area contributed by atoms with Gasteiger partial charge in [-0.1, -0.05) is 78.4 Å². The number of benzene rings is 4. The van der Waals surface area contributed by atoms with Crippen molar-refractivity contribution in [1.29, 1.82) is 0 Å². The summed E-state index contributed by atoms with van der Waals surface area (Å²) in [5.41, 5.74) is 9.57. The molecule has 158 valence electrons. The van der Waals surface area contributed by atoms with Gasteiger partial charge in [-0.2, -0.15) is 0 Å². The van der Waals surface area contributed by atoms with E-state index in [1.807, 2.05) is 12.1 Å². The Morgan fingerprint density at radius 1 is 0.697 bits per heavy atom. The number of nitrogens with zero attached hydrogens (tertiary/aromatic N) is 1. The molecule has 0 radical (unpaired) electrons. The van der Waals surface area contributed by atoms with Crippen LogP contribution in [-0.4, -0.2) is 6.04 Å². The van der Waals surface area contributed by atoms with Crippen LogP contribution in [-0.2, 0) is 0 Å². The second-order valence-electron chi connectivity index (χ2n) is 9.08. The van der Waals surface area contributed by atoms with Gasteiger partial charge in [0.15, 0.2) is 0 Å². The van der Waals surface area contributed by atoms with Gasteiger partial charge in [0, 0.05) is 28.1 Å². The van der Waals surface area contributed by atoms with Gasteiger partial charge in [-0.05, 0) is 60.0 Å². The monoisotopic (exact) mass is 425 g/mol. The minimum atomic E-state index is 0.272. The summed E-state index contributed by atoms with van der Waals surface area (Å²) in [6.07, 6.45) is 9.03. The molecule has 0 saturated carbocycles. The van der Waals surface area contributed by atoms with Crippen molar-refractivity contribution in [3.05, 3.63) is 120 Å². The quantitative estimate of drug-likeness (QED) is 0.283. The molecule has 33 heavy (non-hydrogen) atoms. The van der Waals surface area contributed by atoms with Gasteiger partial charge in [0.25, 0.3) is 0 Å². The van der Waals surface area contributed by atoms with Crippen molar-refractivity contribution < 1.29 is 4.42 Å². The van der Waals surface area contributed by atoms with Crippen LogP contribution in [0.2, 0.25) is 0 Å². The van der Waals surface area contributed by atoms with Gasteiger partial charge in [-0.25, -0.2) is 0 Å². The number of para-hydroxylation sites is 1. The van der Waals surface area contributed by atoms with Crippen LogP contribution < -0.4 is 4.90 Å². The molecule has 7 rings (SSSR count). The summed E-state index contributed by atoms with van der Waals surface area (Å²) >= 11 is 0. The number of anilines is 2. The number of hydrogen-bond donors (Lipinski definition) is 0. The lowest BCUT2D eigenvalue weighted by atomic mass is 9.89. The minimum Gasteiger partial charge on any atom is -0.456 e. The SMILES string of the molecule is Cc1cccc(-c2ccc3c(c2)C2C=CC=CC2N3c2ccc3oc4ccccc4c3c2)c1. The number of aryl methyl sites for hydroxylation is 1. The molecule has 2 aliphatic rings. The smallest absolute Gasteiger partial charge is 0.135 e. The van der Waals surface area contributed by atoms with Crippen molar-refractivity contribution in [2.45, 2.75) is 18.9 Å². The van der Waals surface area contributed by atoms with Gasteiger partial charge < -0.3 is 9.32 Å². The van der Waals surface area contributed by atoms with Crippen LogP contribution in [0.3, 0.4) is 0 Å².